The van der Waals surface area contributed by atoms with Gasteiger partial charge in [-0.2, -0.15) is 13.2 Å². The van der Waals surface area contributed by atoms with Crippen LogP contribution in [0.3, 0.4) is 0 Å². The molecular formula is C31H33F7N3O2PS. The number of fused-ring (bicyclic) bond motifs is 1. The van der Waals surface area contributed by atoms with Crippen molar-refractivity contribution < 1.29 is 40.0 Å². The minimum atomic E-state index is -4.99. The van der Waals surface area contributed by atoms with Crippen molar-refractivity contribution in [2.24, 2.45) is 0 Å². The number of likely N-dealkylation sites (tertiary alicyclic amines) is 1. The molecule has 1 aromatic heterocycles. The Labute approximate surface area is 260 Å². The fourth-order valence-electron chi connectivity index (χ4n) is 5.84. The van der Waals surface area contributed by atoms with E-state index in [9.17, 15) is 35.3 Å². The van der Waals surface area contributed by atoms with Crippen molar-refractivity contribution in [2.45, 2.75) is 56.9 Å². The van der Waals surface area contributed by atoms with Gasteiger partial charge in [0.1, 0.15) is 13.3 Å². The highest BCUT2D eigenvalue weighted by molar-refractivity contribution is 7.71. The highest BCUT2D eigenvalue weighted by Crippen LogP contribution is 2.50. The van der Waals surface area contributed by atoms with E-state index >= 15 is 0 Å². The molecule has 0 saturated carbocycles. The van der Waals surface area contributed by atoms with Crippen LogP contribution in [0.2, 0.25) is 0 Å². The number of benzene rings is 2. The molecule has 0 radical (unpaired) electrons. The molecule has 2 aliphatic rings. The van der Waals surface area contributed by atoms with E-state index in [2.05, 4.69) is 27.2 Å². The number of rotatable bonds is 7. The lowest BCUT2D eigenvalue weighted by Gasteiger charge is -2.33. The Morgan fingerprint density at radius 1 is 1.07 bits per heavy atom. The van der Waals surface area contributed by atoms with Crippen molar-refractivity contribution in [3.8, 4) is 17.6 Å². The van der Waals surface area contributed by atoms with Gasteiger partial charge in [0.05, 0.1) is 40.0 Å². The summed E-state index contributed by atoms with van der Waals surface area (Å²) in [5.74, 6) is 4.95. The van der Waals surface area contributed by atoms with E-state index < -0.39 is 44.1 Å². The van der Waals surface area contributed by atoms with Gasteiger partial charge in [0.15, 0.2) is 5.75 Å². The number of piperidine rings is 1. The Hall–Kier alpha value is -2.94. The van der Waals surface area contributed by atoms with Crippen LogP contribution in [0.15, 0.2) is 36.4 Å². The molecule has 2 fully saturated rings. The monoisotopic (exact) mass is 675 g/mol. The zero-order valence-corrected chi connectivity index (χ0v) is 26.2. The maximum Gasteiger partial charge on any atom is 0.573 e. The van der Waals surface area contributed by atoms with Crippen LogP contribution < -0.4 is 20.7 Å². The van der Waals surface area contributed by atoms with E-state index in [0.717, 1.165) is 36.7 Å². The molecule has 3 heterocycles. The lowest BCUT2D eigenvalue weighted by Crippen LogP contribution is -2.46. The highest BCUT2D eigenvalue weighted by atomic mass is 32.1. The largest absolute Gasteiger partial charge is 0.573 e. The molecule has 1 unspecified atom stereocenters. The lowest BCUT2D eigenvalue weighted by molar-refractivity contribution is -0.274. The minimum absolute atomic E-state index is 0.0125. The molecule has 5 nitrogen and oxygen atoms in total. The SMILES string of the molecule is CN1CCC(Nc2cccc3c(CC(F)(F)F)c(C#CCNc4ccc(P5(=O)CCCCC5)cc4OC(F)(F)F)sc23)[C@H](F)C1. The average Bonchev–Trinajstić information content (AvgIpc) is 3.29. The zero-order chi connectivity index (χ0) is 32.4. The van der Waals surface area contributed by atoms with Gasteiger partial charge >= 0.3 is 12.5 Å². The molecule has 0 spiro atoms. The molecule has 3 aromatic rings. The Morgan fingerprint density at radius 2 is 1.82 bits per heavy atom. The molecule has 45 heavy (non-hydrogen) atoms. The number of hydrogen-bond donors (Lipinski definition) is 2. The van der Waals surface area contributed by atoms with Crippen molar-refractivity contribution in [3.05, 3.63) is 46.8 Å². The predicted molar refractivity (Wildman–Crippen MR) is 165 cm³/mol. The van der Waals surface area contributed by atoms with Crippen LogP contribution in [-0.4, -0.2) is 68.7 Å². The number of alkyl halides is 7. The van der Waals surface area contributed by atoms with E-state index in [1.54, 1.807) is 18.2 Å². The maximum absolute atomic E-state index is 14.7. The number of nitrogens with one attached hydrogen (secondary N) is 2. The summed E-state index contributed by atoms with van der Waals surface area (Å²) in [4.78, 5) is 2.04. The third-order valence-electron chi connectivity index (χ3n) is 8.05. The summed E-state index contributed by atoms with van der Waals surface area (Å²) in [6.45, 7) is 0.730. The normalized spacial score (nSPS) is 20.8. The van der Waals surface area contributed by atoms with Gasteiger partial charge in [0.2, 0.25) is 0 Å². The molecule has 2 saturated heterocycles. The second-order valence-electron chi connectivity index (χ2n) is 11.5. The van der Waals surface area contributed by atoms with Gasteiger partial charge in [-0.25, -0.2) is 4.39 Å². The quantitative estimate of drug-likeness (QED) is 0.151. The number of anilines is 2. The predicted octanol–water partition coefficient (Wildman–Crippen LogP) is 7.99. The van der Waals surface area contributed by atoms with E-state index in [0.29, 0.717) is 46.4 Å². The maximum atomic E-state index is 14.7. The van der Waals surface area contributed by atoms with Crippen molar-refractivity contribution in [3.63, 3.8) is 0 Å². The van der Waals surface area contributed by atoms with Crippen molar-refractivity contribution in [2.75, 3.05) is 49.6 Å². The summed E-state index contributed by atoms with van der Waals surface area (Å²) in [5.41, 5.74) is 0.475. The van der Waals surface area contributed by atoms with Crippen LogP contribution in [0, 0.1) is 11.8 Å². The van der Waals surface area contributed by atoms with Crippen molar-refractivity contribution >= 4 is 45.2 Å². The summed E-state index contributed by atoms with van der Waals surface area (Å²) in [6.07, 6.45) is -8.10. The summed E-state index contributed by atoms with van der Waals surface area (Å²) in [5, 5.41) is 6.62. The van der Waals surface area contributed by atoms with E-state index in [-0.39, 0.29) is 29.2 Å². The summed E-state index contributed by atoms with van der Waals surface area (Å²) >= 11 is 1.05. The van der Waals surface area contributed by atoms with Gasteiger partial charge in [0, 0.05) is 30.7 Å². The molecule has 2 atom stereocenters. The Bertz CT molecular complexity index is 1620. The van der Waals surface area contributed by atoms with E-state index in [1.165, 1.54) is 12.1 Å². The summed E-state index contributed by atoms with van der Waals surface area (Å²) in [7, 11) is -1.01. The number of halogens is 7. The van der Waals surface area contributed by atoms with E-state index in [1.807, 2.05) is 11.9 Å². The molecule has 0 bridgehead atoms. The fraction of sp³-hybridized carbons (Fsp3) is 0.484. The number of nitrogens with zero attached hydrogens (tertiary/aromatic N) is 1. The van der Waals surface area contributed by atoms with Gasteiger partial charge in [0.25, 0.3) is 0 Å². The van der Waals surface area contributed by atoms with Gasteiger partial charge in [-0.3, -0.25) is 0 Å². The molecule has 2 N–H and O–H groups in total. The Balaban J connectivity index is 1.40. The zero-order valence-electron chi connectivity index (χ0n) is 24.5. The third kappa shape index (κ3) is 8.46. The highest BCUT2D eigenvalue weighted by Gasteiger charge is 2.35. The molecule has 5 rings (SSSR count). The van der Waals surface area contributed by atoms with Crippen molar-refractivity contribution in [1.82, 2.24) is 4.90 Å². The molecular weight excluding hydrogens is 642 g/mol. The van der Waals surface area contributed by atoms with Crippen LogP contribution >= 0.6 is 18.5 Å². The van der Waals surface area contributed by atoms with Crippen LogP contribution in [-0.2, 0) is 11.0 Å². The first-order chi connectivity index (χ1) is 21.2. The standard InChI is InChI=1S/C31H33F7N3O2PS/c1-41-14-12-24(23(32)19-41)40-26-8-5-7-21-22(18-30(33,34)35)28(45-29(21)26)9-6-13-39-25-11-10-20(17-27(25)43-31(36,37)38)44(42)15-3-2-4-16-44/h5,7-8,10-11,17,23-24,39-40H,2-4,12-16,18-19H2,1H3/t23-,24?/m1/s1. The number of hydrogen-bond acceptors (Lipinski definition) is 6. The van der Waals surface area contributed by atoms with Crippen LogP contribution in [0.25, 0.3) is 10.1 Å². The van der Waals surface area contributed by atoms with E-state index in [4.69, 9.17) is 0 Å². The van der Waals surface area contributed by atoms with Crippen molar-refractivity contribution in [1.29, 1.82) is 0 Å². The third-order valence-corrected chi connectivity index (χ3v) is 12.5. The van der Waals surface area contributed by atoms with Crippen LogP contribution in [0.1, 0.15) is 36.1 Å². The topological polar surface area (TPSA) is 53.6 Å². The smallest absolute Gasteiger partial charge is 0.404 e. The molecule has 244 valence electrons. The Morgan fingerprint density at radius 3 is 2.51 bits per heavy atom. The first kappa shape index (κ1) is 33.4. The first-order valence-corrected chi connectivity index (χ1v) is 17.5. The van der Waals surface area contributed by atoms with Crippen LogP contribution in [0.5, 0.6) is 5.75 Å². The molecule has 2 aliphatic heterocycles. The van der Waals surface area contributed by atoms with Gasteiger partial charge in [-0.05, 0) is 61.5 Å². The van der Waals surface area contributed by atoms with Gasteiger partial charge in [-0.15, -0.1) is 24.5 Å². The lowest BCUT2D eigenvalue weighted by atomic mass is 10.0. The fourth-order valence-corrected chi connectivity index (χ4v) is 9.92. The summed E-state index contributed by atoms with van der Waals surface area (Å²) in [6, 6.07) is 8.45. The number of ether oxygens (including phenoxy) is 1. The Kier molecular flexibility index (Phi) is 9.97. The number of thiophene rings is 1. The average molecular weight is 676 g/mol. The molecule has 0 aliphatic carbocycles. The molecule has 14 heteroatoms. The van der Waals surface area contributed by atoms with Crippen LogP contribution in [0.4, 0.5) is 42.1 Å². The minimum Gasteiger partial charge on any atom is -0.404 e. The first-order valence-electron chi connectivity index (χ1n) is 14.6. The molecule has 0 amide bonds. The second kappa shape index (κ2) is 13.4. The second-order valence-corrected chi connectivity index (χ2v) is 15.7. The molecule has 2 aromatic carbocycles. The summed E-state index contributed by atoms with van der Waals surface area (Å²) < 4.78 is 113. The van der Waals surface area contributed by atoms with Gasteiger partial charge in [-0.1, -0.05) is 30.4 Å². The van der Waals surface area contributed by atoms with Gasteiger partial charge < -0.3 is 24.8 Å².